The van der Waals surface area contributed by atoms with Crippen LogP contribution < -0.4 is 5.32 Å². The zero-order chi connectivity index (χ0) is 13.9. The van der Waals surface area contributed by atoms with Crippen LogP contribution in [0.4, 0.5) is 13.2 Å². The maximum absolute atomic E-state index is 12.3. The molecular formula is C11H11BrF3N3S. The molecule has 0 amide bonds. The molecule has 0 spiro atoms. The van der Waals surface area contributed by atoms with Gasteiger partial charge in [-0.05, 0) is 22.0 Å². The van der Waals surface area contributed by atoms with Gasteiger partial charge in [-0.25, -0.2) is 0 Å². The Labute approximate surface area is 120 Å². The molecular weight excluding hydrogens is 343 g/mol. The zero-order valence-electron chi connectivity index (χ0n) is 9.75. The first kappa shape index (κ1) is 14.5. The van der Waals surface area contributed by atoms with E-state index in [4.69, 9.17) is 0 Å². The van der Waals surface area contributed by atoms with E-state index in [0.717, 1.165) is 16.9 Å². The van der Waals surface area contributed by atoms with E-state index in [-0.39, 0.29) is 0 Å². The minimum absolute atomic E-state index is 0.405. The number of rotatable bonds is 5. The highest BCUT2D eigenvalue weighted by Crippen LogP contribution is 2.28. The third-order valence-corrected chi connectivity index (χ3v) is 4.10. The third-order valence-electron chi connectivity index (χ3n) is 2.40. The van der Waals surface area contributed by atoms with Crippen LogP contribution in [0.25, 0.3) is 0 Å². The third kappa shape index (κ3) is 4.32. The highest BCUT2D eigenvalue weighted by atomic mass is 79.9. The first-order valence-electron chi connectivity index (χ1n) is 5.48. The predicted molar refractivity (Wildman–Crippen MR) is 71.0 cm³/mol. The summed E-state index contributed by atoms with van der Waals surface area (Å²) in [6, 6.07) is 2.01. The monoisotopic (exact) mass is 353 g/mol. The predicted octanol–water partition coefficient (Wildman–Crippen LogP) is 3.52. The standard InChI is InChI=1S/C11H11BrF3N3S/c12-9-3-10(19-7-9)5-16-1-2-18-6-8(4-17-18)11(13,14)15/h3-4,6-7,16H,1-2,5H2. The second-order valence-corrected chi connectivity index (χ2v) is 5.81. The van der Waals surface area contributed by atoms with Gasteiger partial charge >= 0.3 is 6.18 Å². The number of alkyl halides is 3. The SMILES string of the molecule is FC(F)(F)c1cnn(CCNCc2cc(Br)cs2)c1. The molecule has 0 unspecified atom stereocenters. The van der Waals surface area contributed by atoms with Gasteiger partial charge in [0.05, 0.1) is 18.3 Å². The largest absolute Gasteiger partial charge is 0.419 e. The zero-order valence-corrected chi connectivity index (χ0v) is 12.1. The molecule has 19 heavy (non-hydrogen) atoms. The summed E-state index contributed by atoms with van der Waals surface area (Å²) in [6.45, 7) is 1.67. The Bertz CT molecular complexity index is 535. The van der Waals surface area contributed by atoms with Gasteiger partial charge in [-0.15, -0.1) is 11.3 Å². The Balaban J connectivity index is 1.75. The van der Waals surface area contributed by atoms with Crippen LogP contribution in [-0.2, 0) is 19.3 Å². The molecule has 2 heterocycles. The van der Waals surface area contributed by atoms with Crippen molar-refractivity contribution in [2.45, 2.75) is 19.3 Å². The van der Waals surface area contributed by atoms with Gasteiger partial charge in [0, 0.05) is 34.0 Å². The number of aromatic nitrogens is 2. The number of halogens is 4. The van der Waals surface area contributed by atoms with Crippen molar-refractivity contribution in [2.75, 3.05) is 6.54 Å². The molecule has 0 aliphatic rings. The minimum atomic E-state index is -4.32. The average Bonchev–Trinajstić information content (AvgIpc) is 2.93. The van der Waals surface area contributed by atoms with Gasteiger partial charge in [0.1, 0.15) is 0 Å². The summed E-state index contributed by atoms with van der Waals surface area (Å²) in [6.07, 6.45) is -2.46. The van der Waals surface area contributed by atoms with Crippen molar-refractivity contribution in [2.24, 2.45) is 0 Å². The molecule has 1 N–H and O–H groups in total. The molecule has 2 rings (SSSR count). The molecule has 0 saturated carbocycles. The van der Waals surface area contributed by atoms with E-state index in [0.29, 0.717) is 19.6 Å². The van der Waals surface area contributed by atoms with Crippen molar-refractivity contribution in [1.82, 2.24) is 15.1 Å². The lowest BCUT2D eigenvalue weighted by atomic mass is 10.4. The summed E-state index contributed by atoms with van der Waals surface area (Å²) >= 11 is 4.98. The first-order chi connectivity index (χ1) is 8.95. The smallest absolute Gasteiger partial charge is 0.310 e. The number of hydrogen-bond donors (Lipinski definition) is 1. The van der Waals surface area contributed by atoms with Gasteiger partial charge < -0.3 is 5.32 Å². The lowest BCUT2D eigenvalue weighted by Crippen LogP contribution is -2.19. The molecule has 2 aromatic heterocycles. The van der Waals surface area contributed by atoms with Crippen LogP contribution in [0.1, 0.15) is 10.4 Å². The lowest BCUT2D eigenvalue weighted by Gasteiger charge is -2.04. The number of thiophene rings is 1. The number of nitrogens with zero attached hydrogens (tertiary/aromatic N) is 2. The Hall–Kier alpha value is -0.860. The van der Waals surface area contributed by atoms with Gasteiger partial charge in [-0.2, -0.15) is 18.3 Å². The van der Waals surface area contributed by atoms with Crippen molar-refractivity contribution >= 4 is 27.3 Å². The molecule has 0 aliphatic heterocycles. The van der Waals surface area contributed by atoms with E-state index in [9.17, 15) is 13.2 Å². The van der Waals surface area contributed by atoms with Crippen molar-refractivity contribution in [3.63, 3.8) is 0 Å². The molecule has 0 aromatic carbocycles. The van der Waals surface area contributed by atoms with Crippen molar-refractivity contribution < 1.29 is 13.2 Å². The molecule has 0 saturated heterocycles. The van der Waals surface area contributed by atoms with E-state index < -0.39 is 11.7 Å². The van der Waals surface area contributed by atoms with E-state index in [2.05, 4.69) is 26.3 Å². The van der Waals surface area contributed by atoms with E-state index in [1.807, 2.05) is 11.4 Å². The molecule has 3 nitrogen and oxygen atoms in total. The quantitative estimate of drug-likeness (QED) is 0.833. The summed E-state index contributed by atoms with van der Waals surface area (Å²) in [5.74, 6) is 0. The van der Waals surface area contributed by atoms with Crippen LogP contribution in [0.5, 0.6) is 0 Å². The van der Waals surface area contributed by atoms with Crippen LogP contribution in [-0.4, -0.2) is 16.3 Å². The van der Waals surface area contributed by atoms with E-state index in [1.54, 1.807) is 11.3 Å². The average molecular weight is 354 g/mol. The van der Waals surface area contributed by atoms with Crippen molar-refractivity contribution in [1.29, 1.82) is 0 Å². The fourth-order valence-corrected chi connectivity index (χ4v) is 2.90. The van der Waals surface area contributed by atoms with Gasteiger partial charge in [0.2, 0.25) is 0 Å². The summed E-state index contributed by atoms with van der Waals surface area (Å²) in [7, 11) is 0. The number of nitrogens with one attached hydrogen (secondary N) is 1. The van der Waals surface area contributed by atoms with Gasteiger partial charge in [-0.3, -0.25) is 4.68 Å². The molecule has 0 radical (unpaired) electrons. The molecule has 104 valence electrons. The Kier molecular flexibility index (Phi) is 4.64. The van der Waals surface area contributed by atoms with Gasteiger partial charge in [0.15, 0.2) is 0 Å². The maximum Gasteiger partial charge on any atom is 0.419 e. The molecule has 0 aliphatic carbocycles. The van der Waals surface area contributed by atoms with E-state index in [1.165, 1.54) is 9.56 Å². The summed E-state index contributed by atoms with van der Waals surface area (Å²) in [5.41, 5.74) is -0.713. The summed E-state index contributed by atoms with van der Waals surface area (Å²) in [4.78, 5) is 1.17. The first-order valence-corrected chi connectivity index (χ1v) is 7.16. The van der Waals surface area contributed by atoms with Crippen molar-refractivity contribution in [3.8, 4) is 0 Å². The molecule has 2 aromatic rings. The Morgan fingerprint density at radius 3 is 2.79 bits per heavy atom. The number of hydrogen-bond acceptors (Lipinski definition) is 3. The van der Waals surface area contributed by atoms with Crippen LogP contribution in [0, 0.1) is 0 Å². The highest BCUT2D eigenvalue weighted by Gasteiger charge is 2.32. The Morgan fingerprint density at radius 2 is 2.21 bits per heavy atom. The minimum Gasteiger partial charge on any atom is -0.310 e. The fraction of sp³-hybridized carbons (Fsp3) is 0.364. The van der Waals surface area contributed by atoms with Gasteiger partial charge in [-0.1, -0.05) is 0 Å². The molecule has 0 bridgehead atoms. The maximum atomic E-state index is 12.3. The van der Waals surface area contributed by atoms with E-state index >= 15 is 0 Å². The Morgan fingerprint density at radius 1 is 1.42 bits per heavy atom. The van der Waals surface area contributed by atoms with Crippen LogP contribution in [0.2, 0.25) is 0 Å². The molecule has 8 heteroatoms. The second kappa shape index (κ2) is 6.06. The summed E-state index contributed by atoms with van der Waals surface area (Å²) in [5, 5.41) is 8.83. The second-order valence-electron chi connectivity index (χ2n) is 3.90. The molecule has 0 fully saturated rings. The fourth-order valence-electron chi connectivity index (χ4n) is 1.48. The summed E-state index contributed by atoms with van der Waals surface area (Å²) < 4.78 is 39.4. The van der Waals surface area contributed by atoms with Crippen LogP contribution in [0.3, 0.4) is 0 Å². The lowest BCUT2D eigenvalue weighted by molar-refractivity contribution is -0.137. The van der Waals surface area contributed by atoms with Crippen LogP contribution >= 0.6 is 27.3 Å². The van der Waals surface area contributed by atoms with Gasteiger partial charge in [0.25, 0.3) is 0 Å². The van der Waals surface area contributed by atoms with Crippen molar-refractivity contribution in [3.05, 3.63) is 38.8 Å². The highest BCUT2D eigenvalue weighted by molar-refractivity contribution is 9.10. The topological polar surface area (TPSA) is 29.9 Å². The normalized spacial score (nSPS) is 12.0. The van der Waals surface area contributed by atoms with Crippen LogP contribution in [0.15, 0.2) is 28.3 Å². The molecule has 0 atom stereocenters.